The average molecular weight is 366 g/mol. The molecule has 5 heteroatoms. The Hall–Kier alpha value is -1.49. The zero-order chi connectivity index (χ0) is 19.2. The summed E-state index contributed by atoms with van der Waals surface area (Å²) in [5, 5.41) is 10.2. The van der Waals surface area contributed by atoms with Gasteiger partial charge in [-0.2, -0.15) is 11.8 Å². The molecule has 0 aromatic rings. The highest BCUT2D eigenvalue weighted by Gasteiger charge is 2.12. The second-order valence-corrected chi connectivity index (χ2v) is 7.78. The van der Waals surface area contributed by atoms with Crippen LogP contribution in [-0.2, 0) is 4.79 Å². The summed E-state index contributed by atoms with van der Waals surface area (Å²) in [6.07, 6.45) is 11.3. The van der Waals surface area contributed by atoms with Crippen LogP contribution in [0.1, 0.15) is 60.3 Å². The smallest absolute Gasteiger partial charge is 0.217 e. The molecule has 4 N–H and O–H groups in total. The van der Waals surface area contributed by atoms with E-state index in [1.54, 1.807) is 11.8 Å². The molecule has 0 aromatic heterocycles. The van der Waals surface area contributed by atoms with E-state index in [9.17, 15) is 4.79 Å². The van der Waals surface area contributed by atoms with Crippen molar-refractivity contribution in [2.75, 3.05) is 11.5 Å². The van der Waals surface area contributed by atoms with Gasteiger partial charge in [-0.3, -0.25) is 10.2 Å². The van der Waals surface area contributed by atoms with Crippen LogP contribution in [0.2, 0.25) is 0 Å². The summed E-state index contributed by atoms with van der Waals surface area (Å²) in [5.41, 5.74) is 9.72. The van der Waals surface area contributed by atoms with E-state index in [4.69, 9.17) is 11.1 Å². The van der Waals surface area contributed by atoms with Crippen LogP contribution in [0.25, 0.3) is 0 Å². The molecule has 0 aliphatic heterocycles. The van der Waals surface area contributed by atoms with E-state index < -0.39 is 0 Å². The summed E-state index contributed by atoms with van der Waals surface area (Å²) in [5.74, 6) is 1.36. The number of amides is 1. The summed E-state index contributed by atoms with van der Waals surface area (Å²) in [4.78, 5) is 11.1. The fourth-order valence-electron chi connectivity index (χ4n) is 2.18. The van der Waals surface area contributed by atoms with Crippen LogP contribution in [0.15, 0.2) is 34.9 Å². The van der Waals surface area contributed by atoms with Gasteiger partial charge in [0.05, 0.1) is 6.04 Å². The predicted octanol–water partition coefficient (Wildman–Crippen LogP) is 4.58. The molecule has 25 heavy (non-hydrogen) atoms. The average Bonchev–Trinajstić information content (AvgIpc) is 2.49. The van der Waals surface area contributed by atoms with E-state index in [1.807, 2.05) is 0 Å². The predicted molar refractivity (Wildman–Crippen MR) is 112 cm³/mol. The fourth-order valence-corrected chi connectivity index (χ4v) is 3.22. The second-order valence-electron chi connectivity index (χ2n) is 6.71. The van der Waals surface area contributed by atoms with Gasteiger partial charge in [-0.05, 0) is 53.4 Å². The maximum atomic E-state index is 11.1. The van der Waals surface area contributed by atoms with Gasteiger partial charge in [-0.25, -0.2) is 0 Å². The highest BCUT2D eigenvalue weighted by atomic mass is 32.2. The number of nitrogens with one attached hydrogen (secondary N) is 2. The quantitative estimate of drug-likeness (QED) is 0.205. The second kappa shape index (κ2) is 13.8. The zero-order valence-electron chi connectivity index (χ0n) is 16.4. The maximum absolute atomic E-state index is 11.1. The van der Waals surface area contributed by atoms with Crippen molar-refractivity contribution in [1.82, 2.24) is 5.32 Å². The first-order valence-electron chi connectivity index (χ1n) is 8.85. The summed E-state index contributed by atoms with van der Waals surface area (Å²) in [6, 6.07) is -0.373. The number of hydrogen-bond donors (Lipinski definition) is 3. The van der Waals surface area contributed by atoms with Crippen LogP contribution in [0.4, 0.5) is 0 Å². The molecule has 4 nitrogen and oxygen atoms in total. The van der Waals surface area contributed by atoms with Crippen molar-refractivity contribution in [3.05, 3.63) is 34.9 Å². The van der Waals surface area contributed by atoms with Crippen molar-refractivity contribution in [2.24, 2.45) is 5.73 Å². The molecule has 0 heterocycles. The molecule has 0 aromatic carbocycles. The number of carbonyl (C=O) groups excluding carboxylic acids is 1. The maximum Gasteiger partial charge on any atom is 0.217 e. The first kappa shape index (κ1) is 23.5. The molecule has 142 valence electrons. The molecule has 0 rings (SSSR count). The van der Waals surface area contributed by atoms with E-state index in [1.165, 1.54) is 23.6 Å². The zero-order valence-corrected chi connectivity index (χ0v) is 17.3. The third-order valence-electron chi connectivity index (χ3n) is 3.71. The lowest BCUT2D eigenvalue weighted by molar-refractivity contribution is -0.119. The van der Waals surface area contributed by atoms with Gasteiger partial charge >= 0.3 is 0 Å². The molecule has 0 bridgehead atoms. The number of amidine groups is 1. The van der Waals surface area contributed by atoms with Gasteiger partial charge in [-0.15, -0.1) is 0 Å². The van der Waals surface area contributed by atoms with E-state index in [0.29, 0.717) is 5.75 Å². The van der Waals surface area contributed by atoms with Crippen LogP contribution in [0.3, 0.4) is 0 Å². The van der Waals surface area contributed by atoms with Crippen LogP contribution < -0.4 is 11.1 Å². The lowest BCUT2D eigenvalue weighted by atomic mass is 10.1. The van der Waals surface area contributed by atoms with Crippen LogP contribution in [-0.4, -0.2) is 29.3 Å². The highest BCUT2D eigenvalue weighted by molar-refractivity contribution is 7.99. The number of thioether (sulfide) groups is 1. The molecule has 0 aliphatic rings. The Bertz CT molecular complexity index is 517. The molecule has 0 saturated heterocycles. The molecule has 1 unspecified atom stereocenters. The Kier molecular flexibility index (Phi) is 12.9. The Morgan fingerprint density at radius 3 is 2.12 bits per heavy atom. The van der Waals surface area contributed by atoms with Crippen molar-refractivity contribution in [3.63, 3.8) is 0 Å². The molecule has 1 atom stereocenters. The molecular weight excluding hydrogens is 330 g/mol. The minimum Gasteiger partial charge on any atom is -0.386 e. The molecule has 0 aliphatic carbocycles. The Labute approximate surface area is 157 Å². The van der Waals surface area contributed by atoms with Crippen LogP contribution in [0.5, 0.6) is 0 Å². The van der Waals surface area contributed by atoms with E-state index in [0.717, 1.165) is 31.4 Å². The van der Waals surface area contributed by atoms with Crippen molar-refractivity contribution in [3.8, 4) is 0 Å². The van der Waals surface area contributed by atoms with Gasteiger partial charge in [-0.1, -0.05) is 34.9 Å². The van der Waals surface area contributed by atoms with Gasteiger partial charge in [0.2, 0.25) is 5.91 Å². The Balaban J connectivity index is 4.07. The van der Waals surface area contributed by atoms with E-state index in [-0.39, 0.29) is 17.8 Å². The number of nitrogens with two attached hydrogens (primary N) is 1. The summed E-state index contributed by atoms with van der Waals surface area (Å²) in [7, 11) is 0. The van der Waals surface area contributed by atoms with Crippen molar-refractivity contribution >= 4 is 23.5 Å². The van der Waals surface area contributed by atoms with Crippen molar-refractivity contribution in [2.45, 2.75) is 66.3 Å². The molecule has 0 fully saturated rings. The van der Waals surface area contributed by atoms with E-state index in [2.05, 4.69) is 51.2 Å². The third kappa shape index (κ3) is 14.6. The first-order valence-corrected chi connectivity index (χ1v) is 10.0. The minimum absolute atomic E-state index is 0.0112. The summed E-state index contributed by atoms with van der Waals surface area (Å²) < 4.78 is 0. The van der Waals surface area contributed by atoms with Gasteiger partial charge in [0.1, 0.15) is 5.84 Å². The van der Waals surface area contributed by atoms with Crippen LogP contribution >= 0.6 is 11.8 Å². The summed E-state index contributed by atoms with van der Waals surface area (Å²) >= 11 is 1.68. The largest absolute Gasteiger partial charge is 0.386 e. The Morgan fingerprint density at radius 2 is 1.60 bits per heavy atom. The van der Waals surface area contributed by atoms with Crippen molar-refractivity contribution in [1.29, 1.82) is 5.41 Å². The number of hydrogen-bond acceptors (Lipinski definition) is 3. The molecule has 1 amide bonds. The molecular formula is C20H35N3OS. The standard InChI is InChI=1S/C20H35N3OS/c1-15(2)8-6-9-16(3)10-7-11-17(4)12-13-25-14-19(20(21)22)23-18(5)24/h8,10,12,19H,6-7,9,11,13-14H2,1-5H3,(H3,21,22)(H,23,24)/b16-10+,17-12+. The molecule has 0 radical (unpaired) electrons. The van der Waals surface area contributed by atoms with E-state index >= 15 is 0 Å². The van der Waals surface area contributed by atoms with Gasteiger partial charge in [0.15, 0.2) is 0 Å². The lowest BCUT2D eigenvalue weighted by Gasteiger charge is -2.15. The van der Waals surface area contributed by atoms with Gasteiger partial charge in [0, 0.05) is 18.4 Å². The fraction of sp³-hybridized carbons (Fsp3) is 0.600. The molecule has 0 spiro atoms. The lowest BCUT2D eigenvalue weighted by Crippen LogP contribution is -2.44. The van der Waals surface area contributed by atoms with Gasteiger partial charge in [0.25, 0.3) is 0 Å². The minimum atomic E-state index is -0.373. The highest BCUT2D eigenvalue weighted by Crippen LogP contribution is 2.13. The van der Waals surface area contributed by atoms with Crippen molar-refractivity contribution < 1.29 is 4.79 Å². The molecule has 0 saturated carbocycles. The first-order chi connectivity index (χ1) is 11.7. The third-order valence-corrected chi connectivity index (χ3v) is 4.68. The number of carbonyl (C=O) groups is 1. The van der Waals surface area contributed by atoms with Crippen LogP contribution in [0, 0.1) is 5.41 Å². The Morgan fingerprint density at radius 1 is 1.04 bits per heavy atom. The topological polar surface area (TPSA) is 79.0 Å². The van der Waals surface area contributed by atoms with Gasteiger partial charge < -0.3 is 11.1 Å². The monoisotopic (exact) mass is 365 g/mol. The number of rotatable bonds is 12. The normalized spacial score (nSPS) is 13.3. The summed E-state index contributed by atoms with van der Waals surface area (Å²) in [6.45, 7) is 10.1. The SMILES string of the molecule is CC(=O)NC(CSC/C=C(\C)CC/C=C(\C)CCC=C(C)C)C(=N)N. The number of allylic oxidation sites excluding steroid dienone is 5.